The topological polar surface area (TPSA) is 0 Å². The minimum atomic E-state index is 1.04. The summed E-state index contributed by atoms with van der Waals surface area (Å²) >= 11 is 0. The molecule has 0 amide bonds. The van der Waals surface area contributed by atoms with Gasteiger partial charge in [-0.3, -0.25) is 0 Å². The molecule has 17 heavy (non-hydrogen) atoms. The summed E-state index contributed by atoms with van der Waals surface area (Å²) in [5.41, 5.74) is 5.38. The molecule has 1 aliphatic rings. The van der Waals surface area contributed by atoms with Crippen LogP contribution in [0.1, 0.15) is 17.5 Å². The average Bonchev–Trinajstić information content (AvgIpc) is 2.90. The molecule has 1 aliphatic carbocycles. The third kappa shape index (κ3) is 2.07. The molecular weight excluding hydrogens is 204 g/mol. The molecule has 0 aromatic heterocycles. The zero-order valence-electron chi connectivity index (χ0n) is 9.64. The van der Waals surface area contributed by atoms with Crippen molar-refractivity contribution in [3.63, 3.8) is 0 Å². The lowest BCUT2D eigenvalue weighted by Gasteiger charge is -2.00. The largest absolute Gasteiger partial charge is 0.0722 e. The van der Waals surface area contributed by atoms with E-state index in [2.05, 4.69) is 72.8 Å². The van der Waals surface area contributed by atoms with Crippen LogP contribution in [-0.2, 0) is 0 Å². The quantitative estimate of drug-likeness (QED) is 0.693. The Morgan fingerprint density at radius 1 is 0.647 bits per heavy atom. The Morgan fingerprint density at radius 3 is 1.88 bits per heavy atom. The van der Waals surface area contributed by atoms with Crippen molar-refractivity contribution in [3.05, 3.63) is 83.9 Å². The van der Waals surface area contributed by atoms with E-state index >= 15 is 0 Å². The van der Waals surface area contributed by atoms with Crippen LogP contribution in [0.2, 0.25) is 0 Å². The van der Waals surface area contributed by atoms with E-state index in [4.69, 9.17) is 0 Å². The van der Waals surface area contributed by atoms with Gasteiger partial charge in [0.2, 0.25) is 0 Å². The first-order valence-corrected chi connectivity index (χ1v) is 5.95. The summed E-state index contributed by atoms with van der Waals surface area (Å²) in [7, 11) is 0. The van der Waals surface area contributed by atoms with Crippen molar-refractivity contribution in [3.8, 4) is 0 Å². The van der Waals surface area contributed by atoms with Crippen molar-refractivity contribution in [2.45, 2.75) is 6.42 Å². The second-order valence-electron chi connectivity index (χ2n) is 4.27. The smallest absolute Gasteiger partial charge is 0.00821 e. The van der Waals surface area contributed by atoms with E-state index in [1.807, 2.05) is 0 Å². The van der Waals surface area contributed by atoms with Crippen molar-refractivity contribution >= 4 is 11.1 Å². The van der Waals surface area contributed by atoms with E-state index in [-0.39, 0.29) is 0 Å². The first-order valence-electron chi connectivity index (χ1n) is 5.95. The predicted molar refractivity (Wildman–Crippen MR) is 73.5 cm³/mol. The Balaban J connectivity index is 1.91. The predicted octanol–water partition coefficient (Wildman–Crippen LogP) is 4.56. The molecule has 0 spiro atoms. The first-order chi connectivity index (χ1) is 8.43. The van der Waals surface area contributed by atoms with E-state index in [1.54, 1.807) is 0 Å². The van der Waals surface area contributed by atoms with Gasteiger partial charge in [-0.15, -0.1) is 0 Å². The number of allylic oxidation sites excluding steroid dienone is 4. The molecule has 3 rings (SSSR count). The van der Waals surface area contributed by atoms with Crippen LogP contribution in [-0.4, -0.2) is 0 Å². The summed E-state index contributed by atoms with van der Waals surface area (Å²) in [6, 6.07) is 21.2. The van der Waals surface area contributed by atoms with E-state index < -0.39 is 0 Å². The highest BCUT2D eigenvalue weighted by Gasteiger charge is 2.09. The van der Waals surface area contributed by atoms with Gasteiger partial charge in [0.15, 0.2) is 0 Å². The van der Waals surface area contributed by atoms with Crippen molar-refractivity contribution in [2.75, 3.05) is 0 Å². The molecule has 0 aliphatic heterocycles. The Kier molecular flexibility index (Phi) is 2.63. The molecule has 82 valence electrons. The fourth-order valence-corrected chi connectivity index (χ4v) is 2.21. The molecule has 0 atom stereocenters. The lowest BCUT2D eigenvalue weighted by Crippen LogP contribution is -1.79. The Hall–Kier alpha value is -2.08. The van der Waals surface area contributed by atoms with Crippen LogP contribution in [0.4, 0.5) is 0 Å². The number of hydrogen-bond acceptors (Lipinski definition) is 0. The van der Waals surface area contributed by atoms with Crippen LogP contribution in [0.25, 0.3) is 11.1 Å². The third-order valence-electron chi connectivity index (χ3n) is 3.12. The van der Waals surface area contributed by atoms with Crippen LogP contribution in [0.3, 0.4) is 0 Å². The molecule has 0 saturated heterocycles. The molecule has 0 heterocycles. The normalized spacial score (nSPS) is 14.4. The van der Waals surface area contributed by atoms with Gasteiger partial charge in [-0.1, -0.05) is 72.8 Å². The van der Waals surface area contributed by atoms with Gasteiger partial charge in [-0.2, -0.15) is 0 Å². The summed E-state index contributed by atoms with van der Waals surface area (Å²) < 4.78 is 0. The van der Waals surface area contributed by atoms with Gasteiger partial charge >= 0.3 is 0 Å². The van der Waals surface area contributed by atoms with Crippen LogP contribution < -0.4 is 0 Å². The summed E-state index contributed by atoms with van der Waals surface area (Å²) in [5, 5.41) is 0. The lowest BCUT2D eigenvalue weighted by atomic mass is 10.0. The average molecular weight is 218 g/mol. The van der Waals surface area contributed by atoms with Gasteiger partial charge in [0.05, 0.1) is 0 Å². The van der Waals surface area contributed by atoms with Crippen LogP contribution in [0.15, 0.2) is 72.8 Å². The van der Waals surface area contributed by atoms with Crippen LogP contribution in [0.5, 0.6) is 0 Å². The highest BCUT2D eigenvalue weighted by molar-refractivity contribution is 5.89. The number of benzene rings is 2. The maximum atomic E-state index is 2.30. The molecule has 0 unspecified atom stereocenters. The molecule has 0 N–H and O–H groups in total. The van der Waals surface area contributed by atoms with Crippen molar-refractivity contribution in [2.24, 2.45) is 0 Å². The van der Waals surface area contributed by atoms with Gasteiger partial charge in [0, 0.05) is 0 Å². The number of hydrogen-bond donors (Lipinski definition) is 0. The zero-order valence-corrected chi connectivity index (χ0v) is 9.64. The highest BCUT2D eigenvalue weighted by atomic mass is 14.1. The summed E-state index contributed by atoms with van der Waals surface area (Å²) in [4.78, 5) is 0. The summed E-state index contributed by atoms with van der Waals surface area (Å²) in [6.45, 7) is 0. The highest BCUT2D eigenvalue weighted by Crippen LogP contribution is 2.31. The maximum absolute atomic E-state index is 2.30. The zero-order chi connectivity index (χ0) is 11.5. The van der Waals surface area contributed by atoms with E-state index in [9.17, 15) is 0 Å². The Morgan fingerprint density at radius 2 is 1.24 bits per heavy atom. The lowest BCUT2D eigenvalue weighted by molar-refractivity contribution is 1.43. The first kappa shape index (κ1) is 10.1. The van der Waals surface area contributed by atoms with Crippen LogP contribution in [0, 0.1) is 0 Å². The Bertz CT molecular complexity index is 560. The SMILES string of the molecule is C1=C(c2ccccc2)C=C(c2ccccc2)C1. The summed E-state index contributed by atoms with van der Waals surface area (Å²) in [5.74, 6) is 0. The van der Waals surface area contributed by atoms with Gasteiger partial charge in [0.25, 0.3) is 0 Å². The van der Waals surface area contributed by atoms with Crippen molar-refractivity contribution in [1.29, 1.82) is 0 Å². The van der Waals surface area contributed by atoms with Gasteiger partial charge in [-0.05, 0) is 28.7 Å². The minimum absolute atomic E-state index is 1.04. The van der Waals surface area contributed by atoms with Gasteiger partial charge < -0.3 is 0 Å². The molecule has 2 aromatic carbocycles. The van der Waals surface area contributed by atoms with E-state index in [0.29, 0.717) is 0 Å². The molecule has 2 aromatic rings. The number of rotatable bonds is 2. The molecule has 0 nitrogen and oxygen atoms in total. The van der Waals surface area contributed by atoms with Gasteiger partial charge in [-0.25, -0.2) is 0 Å². The van der Waals surface area contributed by atoms with Crippen molar-refractivity contribution in [1.82, 2.24) is 0 Å². The fraction of sp³-hybridized carbons (Fsp3) is 0.0588. The molecule has 0 heteroatoms. The second kappa shape index (κ2) is 4.42. The second-order valence-corrected chi connectivity index (χ2v) is 4.27. The summed E-state index contributed by atoms with van der Waals surface area (Å²) in [6.07, 6.45) is 5.64. The fourth-order valence-electron chi connectivity index (χ4n) is 2.21. The molecule has 0 radical (unpaired) electrons. The monoisotopic (exact) mass is 218 g/mol. The molecular formula is C17H14. The Labute approximate surface area is 102 Å². The molecule has 0 saturated carbocycles. The molecule has 0 bridgehead atoms. The molecule has 0 fully saturated rings. The minimum Gasteiger partial charge on any atom is -0.0722 e. The van der Waals surface area contributed by atoms with E-state index in [0.717, 1.165) is 6.42 Å². The van der Waals surface area contributed by atoms with Crippen molar-refractivity contribution < 1.29 is 0 Å². The maximum Gasteiger partial charge on any atom is -0.00821 e. The van der Waals surface area contributed by atoms with Crippen LogP contribution >= 0.6 is 0 Å². The van der Waals surface area contributed by atoms with Gasteiger partial charge in [0.1, 0.15) is 0 Å². The standard InChI is InChI=1S/C17H14/c1-3-7-14(8-4-1)16-11-12-17(13-16)15-9-5-2-6-10-15/h1-11,13H,12H2. The van der Waals surface area contributed by atoms with E-state index in [1.165, 1.54) is 22.3 Å². The third-order valence-corrected chi connectivity index (χ3v) is 3.12.